The summed E-state index contributed by atoms with van der Waals surface area (Å²) < 4.78 is 4.60. The van der Waals surface area contributed by atoms with Crippen molar-refractivity contribution in [3.63, 3.8) is 0 Å². The molecule has 1 rings (SSSR count). The number of aromatic carboxylic acids is 1. The fraction of sp³-hybridized carbons (Fsp3) is 0.200. The molecule has 1 amide bonds. The Morgan fingerprint density at radius 2 is 2.12 bits per heavy atom. The molecule has 0 radical (unpaired) electrons. The summed E-state index contributed by atoms with van der Waals surface area (Å²) in [7, 11) is 0. The van der Waals surface area contributed by atoms with E-state index in [0.29, 0.717) is 0 Å². The van der Waals surface area contributed by atoms with Gasteiger partial charge in [0.1, 0.15) is 5.75 Å². The van der Waals surface area contributed by atoms with Gasteiger partial charge in [0.2, 0.25) is 0 Å². The van der Waals surface area contributed by atoms with Gasteiger partial charge in [-0.05, 0) is 19.1 Å². The van der Waals surface area contributed by atoms with Crippen molar-refractivity contribution >= 4 is 17.7 Å². The van der Waals surface area contributed by atoms with E-state index in [0.717, 1.165) is 6.07 Å². The standard InChI is InChI=1S/C10H11NO5/c1-2-16-10(15)11-8-5-6(12)3-4-7(8)9(13)14/h3-5,12H,2H2,1H3,(H,11,15)(H,13,14). The maximum absolute atomic E-state index is 11.1. The van der Waals surface area contributed by atoms with E-state index in [4.69, 9.17) is 5.11 Å². The predicted molar refractivity (Wildman–Crippen MR) is 55.7 cm³/mol. The number of carboxylic acid groups (broad SMARTS) is 1. The van der Waals surface area contributed by atoms with Gasteiger partial charge in [-0.3, -0.25) is 5.32 Å². The van der Waals surface area contributed by atoms with E-state index in [1.807, 2.05) is 0 Å². The van der Waals surface area contributed by atoms with Crippen LogP contribution in [-0.4, -0.2) is 28.9 Å². The van der Waals surface area contributed by atoms with E-state index < -0.39 is 12.1 Å². The largest absolute Gasteiger partial charge is 0.508 e. The predicted octanol–water partition coefficient (Wildman–Crippen LogP) is 1.66. The number of benzene rings is 1. The number of aromatic hydroxyl groups is 1. The zero-order valence-corrected chi connectivity index (χ0v) is 8.56. The fourth-order valence-electron chi connectivity index (χ4n) is 1.10. The molecule has 3 N–H and O–H groups in total. The van der Waals surface area contributed by atoms with Gasteiger partial charge in [0.25, 0.3) is 0 Å². The molecule has 86 valence electrons. The quantitative estimate of drug-likeness (QED) is 0.726. The van der Waals surface area contributed by atoms with Crippen LogP contribution in [0, 0.1) is 0 Å². The summed E-state index contributed by atoms with van der Waals surface area (Å²) in [5.74, 6) is -1.34. The molecule has 0 unspecified atom stereocenters. The number of amides is 1. The van der Waals surface area contributed by atoms with Crippen molar-refractivity contribution in [2.45, 2.75) is 6.92 Å². The van der Waals surface area contributed by atoms with Crippen LogP contribution in [0.3, 0.4) is 0 Å². The average Bonchev–Trinajstić information content (AvgIpc) is 2.17. The van der Waals surface area contributed by atoms with Gasteiger partial charge in [0.05, 0.1) is 17.9 Å². The van der Waals surface area contributed by atoms with E-state index in [1.54, 1.807) is 6.92 Å². The second-order valence-electron chi connectivity index (χ2n) is 2.88. The van der Waals surface area contributed by atoms with Crippen molar-refractivity contribution in [1.82, 2.24) is 0 Å². The minimum absolute atomic E-state index is 0.00838. The number of phenolic OH excluding ortho intramolecular Hbond substituents is 1. The molecule has 0 fully saturated rings. The van der Waals surface area contributed by atoms with Gasteiger partial charge >= 0.3 is 12.1 Å². The first-order valence-electron chi connectivity index (χ1n) is 4.54. The van der Waals surface area contributed by atoms with Gasteiger partial charge in [-0.1, -0.05) is 0 Å². The molecular formula is C10H11NO5. The van der Waals surface area contributed by atoms with E-state index in [9.17, 15) is 14.7 Å². The minimum atomic E-state index is -1.20. The summed E-state index contributed by atoms with van der Waals surface area (Å²) in [6, 6.07) is 3.55. The highest BCUT2D eigenvalue weighted by Crippen LogP contribution is 2.21. The van der Waals surface area contributed by atoms with Gasteiger partial charge < -0.3 is 14.9 Å². The molecule has 0 saturated carbocycles. The van der Waals surface area contributed by atoms with Crippen molar-refractivity contribution in [3.8, 4) is 5.75 Å². The van der Waals surface area contributed by atoms with E-state index in [2.05, 4.69) is 10.1 Å². The molecule has 0 heterocycles. The maximum Gasteiger partial charge on any atom is 0.411 e. The molecule has 16 heavy (non-hydrogen) atoms. The van der Waals surface area contributed by atoms with Crippen LogP contribution in [0.15, 0.2) is 18.2 Å². The lowest BCUT2D eigenvalue weighted by atomic mass is 10.1. The summed E-state index contributed by atoms with van der Waals surface area (Å²) in [6.45, 7) is 1.80. The number of hydrogen-bond donors (Lipinski definition) is 3. The Labute approximate surface area is 91.5 Å². The number of hydrogen-bond acceptors (Lipinski definition) is 4. The Bertz CT molecular complexity index is 416. The fourth-order valence-corrected chi connectivity index (χ4v) is 1.10. The highest BCUT2D eigenvalue weighted by atomic mass is 16.5. The van der Waals surface area contributed by atoms with Crippen molar-refractivity contribution in [1.29, 1.82) is 0 Å². The summed E-state index contributed by atoms with van der Waals surface area (Å²) in [4.78, 5) is 21.9. The molecule has 0 spiro atoms. The molecule has 1 aromatic rings. The Morgan fingerprint density at radius 3 is 2.69 bits per heavy atom. The maximum atomic E-state index is 11.1. The SMILES string of the molecule is CCOC(=O)Nc1cc(O)ccc1C(=O)O. The number of carboxylic acids is 1. The van der Waals surface area contributed by atoms with Crippen LogP contribution in [0.1, 0.15) is 17.3 Å². The smallest absolute Gasteiger partial charge is 0.411 e. The molecule has 6 nitrogen and oxygen atoms in total. The van der Waals surface area contributed by atoms with Crippen molar-refractivity contribution in [3.05, 3.63) is 23.8 Å². The topological polar surface area (TPSA) is 95.9 Å². The Morgan fingerprint density at radius 1 is 1.44 bits per heavy atom. The number of nitrogens with one attached hydrogen (secondary N) is 1. The molecule has 0 aliphatic rings. The van der Waals surface area contributed by atoms with Crippen LogP contribution in [0.25, 0.3) is 0 Å². The highest BCUT2D eigenvalue weighted by Gasteiger charge is 2.13. The normalized spacial score (nSPS) is 9.56. The van der Waals surface area contributed by atoms with Crippen molar-refractivity contribution in [2.75, 3.05) is 11.9 Å². The average molecular weight is 225 g/mol. The molecule has 6 heteroatoms. The second-order valence-corrected chi connectivity index (χ2v) is 2.88. The first-order valence-corrected chi connectivity index (χ1v) is 4.54. The van der Waals surface area contributed by atoms with Gasteiger partial charge in [-0.15, -0.1) is 0 Å². The summed E-state index contributed by atoms with van der Waals surface area (Å²) in [6.07, 6.45) is -0.768. The summed E-state index contributed by atoms with van der Waals surface area (Å²) in [5, 5.41) is 20.2. The van der Waals surface area contributed by atoms with Crippen LogP contribution >= 0.6 is 0 Å². The molecule has 1 aromatic carbocycles. The number of rotatable bonds is 3. The third-order valence-corrected chi connectivity index (χ3v) is 1.75. The van der Waals surface area contributed by atoms with Crippen molar-refractivity contribution in [2.24, 2.45) is 0 Å². The van der Waals surface area contributed by atoms with Crippen LogP contribution in [0.2, 0.25) is 0 Å². The number of carbonyl (C=O) groups excluding carboxylic acids is 1. The number of phenols is 1. The molecule has 0 atom stereocenters. The molecule has 0 aromatic heterocycles. The Hall–Kier alpha value is -2.24. The van der Waals surface area contributed by atoms with Gasteiger partial charge in [0.15, 0.2) is 0 Å². The summed E-state index contributed by atoms with van der Waals surface area (Å²) >= 11 is 0. The lowest BCUT2D eigenvalue weighted by Gasteiger charge is -2.08. The molecule has 0 aliphatic carbocycles. The lowest BCUT2D eigenvalue weighted by Crippen LogP contribution is -2.15. The monoisotopic (exact) mass is 225 g/mol. The number of anilines is 1. The van der Waals surface area contributed by atoms with Crippen LogP contribution in [0.4, 0.5) is 10.5 Å². The van der Waals surface area contributed by atoms with Gasteiger partial charge in [-0.2, -0.15) is 0 Å². The zero-order chi connectivity index (χ0) is 12.1. The Balaban J connectivity index is 2.96. The van der Waals surface area contributed by atoms with Crippen LogP contribution in [0.5, 0.6) is 5.75 Å². The van der Waals surface area contributed by atoms with Gasteiger partial charge in [0, 0.05) is 6.07 Å². The second kappa shape index (κ2) is 5.01. The van der Waals surface area contributed by atoms with Crippen LogP contribution < -0.4 is 5.32 Å². The van der Waals surface area contributed by atoms with E-state index in [-0.39, 0.29) is 23.6 Å². The zero-order valence-electron chi connectivity index (χ0n) is 8.56. The third-order valence-electron chi connectivity index (χ3n) is 1.75. The first-order chi connectivity index (χ1) is 7.54. The molecule has 0 bridgehead atoms. The first kappa shape index (κ1) is 11.8. The summed E-state index contributed by atoms with van der Waals surface area (Å²) in [5.41, 5.74) is -0.128. The van der Waals surface area contributed by atoms with Crippen LogP contribution in [-0.2, 0) is 4.74 Å². The van der Waals surface area contributed by atoms with Crippen molar-refractivity contribution < 1.29 is 24.5 Å². The molecular weight excluding hydrogens is 214 g/mol. The van der Waals surface area contributed by atoms with E-state index >= 15 is 0 Å². The minimum Gasteiger partial charge on any atom is -0.508 e. The molecule has 0 aliphatic heterocycles. The lowest BCUT2D eigenvalue weighted by molar-refractivity contribution is 0.0698. The Kier molecular flexibility index (Phi) is 3.71. The number of carbonyl (C=O) groups is 2. The van der Waals surface area contributed by atoms with E-state index in [1.165, 1.54) is 12.1 Å². The van der Waals surface area contributed by atoms with Gasteiger partial charge in [-0.25, -0.2) is 9.59 Å². The number of ether oxygens (including phenoxy) is 1. The molecule has 0 saturated heterocycles. The third kappa shape index (κ3) is 2.88. The highest BCUT2D eigenvalue weighted by molar-refractivity contribution is 5.99.